The van der Waals surface area contributed by atoms with Crippen LogP contribution in [0.5, 0.6) is 0 Å². The Morgan fingerprint density at radius 1 is 1.22 bits per heavy atom. The second-order valence-corrected chi connectivity index (χ2v) is 7.13. The molecule has 1 aromatic heterocycles. The second kappa shape index (κ2) is 6.83. The Morgan fingerprint density at radius 3 is 2.61 bits per heavy atom. The standard InChI is InChI=1S/C17H16ClN3S2/c1-11(16-20-14-5-3-4-6-15(14)23-16)21(2)17(22)19-13-9-7-12(18)8-10-13/h3-11H,1-2H3,(H,19,22)/t11-/m1/s1. The summed E-state index contributed by atoms with van der Waals surface area (Å²) in [6, 6.07) is 15.8. The number of fused-ring (bicyclic) bond motifs is 1. The Balaban J connectivity index is 1.74. The van der Waals surface area contributed by atoms with E-state index in [1.165, 1.54) is 4.70 Å². The fourth-order valence-corrected chi connectivity index (χ4v) is 3.62. The molecule has 0 aliphatic rings. The van der Waals surface area contributed by atoms with Crippen LogP contribution in [-0.2, 0) is 0 Å². The number of hydrogen-bond donors (Lipinski definition) is 1. The molecule has 0 amide bonds. The predicted octanol–water partition coefficient (Wildman–Crippen LogP) is 5.34. The number of aromatic nitrogens is 1. The summed E-state index contributed by atoms with van der Waals surface area (Å²) in [6.07, 6.45) is 0. The molecule has 1 N–H and O–H groups in total. The van der Waals surface area contributed by atoms with E-state index >= 15 is 0 Å². The Kier molecular flexibility index (Phi) is 4.80. The summed E-state index contributed by atoms with van der Waals surface area (Å²) in [5.74, 6) is 0. The summed E-state index contributed by atoms with van der Waals surface area (Å²) in [5, 5.41) is 5.64. The number of hydrogen-bond acceptors (Lipinski definition) is 3. The van der Waals surface area contributed by atoms with Gasteiger partial charge in [0.1, 0.15) is 5.01 Å². The topological polar surface area (TPSA) is 28.2 Å². The van der Waals surface area contributed by atoms with Crippen molar-refractivity contribution < 1.29 is 0 Å². The molecule has 23 heavy (non-hydrogen) atoms. The quantitative estimate of drug-likeness (QED) is 0.637. The zero-order valence-corrected chi connectivity index (χ0v) is 15.2. The maximum Gasteiger partial charge on any atom is 0.173 e. The first kappa shape index (κ1) is 16.2. The number of nitrogens with zero attached hydrogens (tertiary/aromatic N) is 2. The van der Waals surface area contributed by atoms with Gasteiger partial charge < -0.3 is 10.2 Å². The van der Waals surface area contributed by atoms with Crippen molar-refractivity contribution in [3.8, 4) is 0 Å². The third-order valence-corrected chi connectivity index (χ3v) is 5.51. The zero-order chi connectivity index (χ0) is 16.4. The van der Waals surface area contributed by atoms with Gasteiger partial charge in [-0.3, -0.25) is 0 Å². The Labute approximate surface area is 149 Å². The first-order valence-corrected chi connectivity index (χ1v) is 8.80. The molecule has 0 aliphatic heterocycles. The van der Waals surface area contributed by atoms with Gasteiger partial charge in [-0.05, 0) is 55.5 Å². The SMILES string of the molecule is C[C@H](c1nc2ccccc2s1)N(C)C(=S)Nc1ccc(Cl)cc1. The van der Waals surface area contributed by atoms with Crippen LogP contribution in [0.1, 0.15) is 18.0 Å². The average Bonchev–Trinajstić information content (AvgIpc) is 2.99. The van der Waals surface area contributed by atoms with E-state index in [1.807, 2.05) is 54.4 Å². The minimum atomic E-state index is 0.0969. The average molecular weight is 362 g/mol. The highest BCUT2D eigenvalue weighted by molar-refractivity contribution is 7.80. The largest absolute Gasteiger partial charge is 0.343 e. The number of anilines is 1. The van der Waals surface area contributed by atoms with Crippen LogP contribution in [0.25, 0.3) is 10.2 Å². The normalized spacial score (nSPS) is 12.1. The van der Waals surface area contributed by atoms with E-state index in [0.29, 0.717) is 10.1 Å². The molecular weight excluding hydrogens is 346 g/mol. The molecule has 118 valence electrons. The van der Waals surface area contributed by atoms with Gasteiger partial charge in [0.05, 0.1) is 16.3 Å². The minimum absolute atomic E-state index is 0.0969. The van der Waals surface area contributed by atoms with Gasteiger partial charge in [0.15, 0.2) is 5.11 Å². The van der Waals surface area contributed by atoms with Gasteiger partial charge in [-0.1, -0.05) is 23.7 Å². The van der Waals surface area contributed by atoms with Gasteiger partial charge in [-0.25, -0.2) is 4.98 Å². The second-order valence-electron chi connectivity index (χ2n) is 5.24. The fourth-order valence-electron chi connectivity index (χ4n) is 2.16. The first-order valence-electron chi connectivity index (χ1n) is 7.19. The van der Waals surface area contributed by atoms with Crippen molar-refractivity contribution >= 4 is 56.2 Å². The van der Waals surface area contributed by atoms with Crippen LogP contribution in [0.2, 0.25) is 5.02 Å². The molecule has 3 aromatic rings. The highest BCUT2D eigenvalue weighted by Crippen LogP contribution is 2.29. The number of para-hydroxylation sites is 1. The molecule has 0 bridgehead atoms. The lowest BCUT2D eigenvalue weighted by atomic mass is 10.3. The van der Waals surface area contributed by atoms with E-state index in [1.54, 1.807) is 11.3 Å². The van der Waals surface area contributed by atoms with Crippen LogP contribution in [0.15, 0.2) is 48.5 Å². The zero-order valence-electron chi connectivity index (χ0n) is 12.8. The summed E-state index contributed by atoms with van der Waals surface area (Å²) in [7, 11) is 1.97. The third-order valence-electron chi connectivity index (χ3n) is 3.66. The van der Waals surface area contributed by atoms with E-state index in [9.17, 15) is 0 Å². The number of rotatable bonds is 3. The van der Waals surface area contributed by atoms with Gasteiger partial charge in [-0.2, -0.15) is 0 Å². The van der Waals surface area contributed by atoms with E-state index in [4.69, 9.17) is 28.8 Å². The fraction of sp³-hybridized carbons (Fsp3) is 0.176. The Hall–Kier alpha value is -1.69. The molecule has 2 aromatic carbocycles. The van der Waals surface area contributed by atoms with Crippen LogP contribution in [0.4, 0.5) is 5.69 Å². The molecule has 6 heteroatoms. The van der Waals surface area contributed by atoms with Crippen molar-refractivity contribution in [1.29, 1.82) is 0 Å². The summed E-state index contributed by atoms with van der Waals surface area (Å²) in [6.45, 7) is 2.10. The highest BCUT2D eigenvalue weighted by Gasteiger charge is 2.18. The van der Waals surface area contributed by atoms with Crippen LogP contribution >= 0.6 is 35.2 Å². The van der Waals surface area contributed by atoms with Crippen LogP contribution in [0.3, 0.4) is 0 Å². The summed E-state index contributed by atoms with van der Waals surface area (Å²) < 4.78 is 1.19. The van der Waals surface area contributed by atoms with Crippen molar-refractivity contribution in [3.05, 3.63) is 58.6 Å². The van der Waals surface area contributed by atoms with Crippen molar-refractivity contribution in [1.82, 2.24) is 9.88 Å². The minimum Gasteiger partial charge on any atom is -0.343 e. The molecule has 0 spiro atoms. The maximum absolute atomic E-state index is 5.90. The number of halogens is 1. The Morgan fingerprint density at radius 2 is 1.91 bits per heavy atom. The van der Waals surface area contributed by atoms with Gasteiger partial charge >= 0.3 is 0 Å². The van der Waals surface area contributed by atoms with Crippen LogP contribution in [0, 0.1) is 0 Å². The van der Waals surface area contributed by atoms with Gasteiger partial charge in [0.25, 0.3) is 0 Å². The van der Waals surface area contributed by atoms with Crippen molar-refractivity contribution in [2.75, 3.05) is 12.4 Å². The molecule has 0 aliphatic carbocycles. The third kappa shape index (κ3) is 3.63. The lowest BCUT2D eigenvalue weighted by Crippen LogP contribution is -2.33. The van der Waals surface area contributed by atoms with Gasteiger partial charge in [0, 0.05) is 17.8 Å². The number of benzene rings is 2. The highest BCUT2D eigenvalue weighted by atomic mass is 35.5. The van der Waals surface area contributed by atoms with E-state index in [2.05, 4.69) is 18.3 Å². The van der Waals surface area contributed by atoms with E-state index in [0.717, 1.165) is 16.2 Å². The lowest BCUT2D eigenvalue weighted by Gasteiger charge is -2.26. The van der Waals surface area contributed by atoms with E-state index < -0.39 is 0 Å². The smallest absolute Gasteiger partial charge is 0.173 e. The molecule has 0 radical (unpaired) electrons. The maximum atomic E-state index is 5.90. The van der Waals surface area contributed by atoms with Crippen LogP contribution in [-0.4, -0.2) is 22.0 Å². The molecule has 0 saturated heterocycles. The monoisotopic (exact) mass is 361 g/mol. The molecule has 0 fully saturated rings. The van der Waals surface area contributed by atoms with Gasteiger partial charge in [0.2, 0.25) is 0 Å². The lowest BCUT2D eigenvalue weighted by molar-refractivity contribution is 0.407. The number of thiocarbonyl (C=S) groups is 1. The number of thiazole rings is 1. The molecule has 0 saturated carbocycles. The summed E-state index contributed by atoms with van der Waals surface area (Å²) in [4.78, 5) is 6.72. The van der Waals surface area contributed by atoms with Crippen molar-refractivity contribution in [3.63, 3.8) is 0 Å². The first-order chi connectivity index (χ1) is 11.0. The molecular formula is C17H16ClN3S2. The van der Waals surface area contributed by atoms with Gasteiger partial charge in [-0.15, -0.1) is 11.3 Å². The molecule has 0 unspecified atom stereocenters. The van der Waals surface area contributed by atoms with E-state index in [-0.39, 0.29) is 6.04 Å². The molecule has 3 rings (SSSR count). The molecule has 1 heterocycles. The summed E-state index contributed by atoms with van der Waals surface area (Å²) in [5.41, 5.74) is 1.95. The van der Waals surface area contributed by atoms with Crippen molar-refractivity contribution in [2.24, 2.45) is 0 Å². The molecule has 1 atom stereocenters. The van der Waals surface area contributed by atoms with Crippen LogP contribution < -0.4 is 5.32 Å². The molecule has 3 nitrogen and oxygen atoms in total. The Bertz CT molecular complexity index is 796. The predicted molar refractivity (Wildman–Crippen MR) is 103 cm³/mol. The van der Waals surface area contributed by atoms with Crippen molar-refractivity contribution in [2.45, 2.75) is 13.0 Å². The summed E-state index contributed by atoms with van der Waals surface area (Å²) >= 11 is 13.1. The number of nitrogens with one attached hydrogen (secondary N) is 1.